The monoisotopic (exact) mass is 363 g/mol. The predicted molar refractivity (Wildman–Crippen MR) is 112 cm³/mol. The number of hydrogen-bond donors (Lipinski definition) is 2. The average molecular weight is 364 g/mol. The Kier molecular flexibility index (Phi) is 5.66. The molecule has 0 aliphatic carbocycles. The van der Waals surface area contributed by atoms with E-state index in [0.29, 0.717) is 18.2 Å². The van der Waals surface area contributed by atoms with Gasteiger partial charge in [-0.2, -0.15) is 0 Å². The van der Waals surface area contributed by atoms with E-state index in [4.69, 9.17) is 0 Å². The normalized spacial score (nSPS) is 11.5. The fourth-order valence-electron chi connectivity index (χ4n) is 3.22. The molecule has 1 aromatic heterocycles. The SMILES string of the molecule is Cc1[nH]c2ccc(C(=O)NCc3ccccc3CN(C)C(C)C)cc2c1C. The minimum absolute atomic E-state index is 0.0397. The van der Waals surface area contributed by atoms with Crippen molar-refractivity contribution in [2.24, 2.45) is 0 Å². The topological polar surface area (TPSA) is 48.1 Å². The number of nitrogens with zero attached hydrogens (tertiary/aromatic N) is 1. The summed E-state index contributed by atoms with van der Waals surface area (Å²) in [5, 5.41) is 4.19. The highest BCUT2D eigenvalue weighted by Gasteiger charge is 2.12. The van der Waals surface area contributed by atoms with E-state index in [1.165, 1.54) is 11.1 Å². The van der Waals surface area contributed by atoms with Crippen LogP contribution in [0.5, 0.6) is 0 Å². The standard InChI is InChI=1S/C23H29N3O/c1-15(2)26(5)14-20-9-7-6-8-19(20)13-24-23(27)18-10-11-22-21(12-18)16(3)17(4)25-22/h6-12,15,25H,13-14H2,1-5H3,(H,24,27). The summed E-state index contributed by atoms with van der Waals surface area (Å²) < 4.78 is 0. The molecule has 0 spiro atoms. The van der Waals surface area contributed by atoms with Gasteiger partial charge in [0.05, 0.1) is 0 Å². The van der Waals surface area contributed by atoms with E-state index in [1.807, 2.05) is 24.3 Å². The summed E-state index contributed by atoms with van der Waals surface area (Å²) in [5.74, 6) is -0.0397. The molecular formula is C23H29N3O. The largest absolute Gasteiger partial charge is 0.358 e. The highest BCUT2D eigenvalue weighted by molar-refractivity contribution is 5.99. The van der Waals surface area contributed by atoms with Gasteiger partial charge < -0.3 is 10.3 Å². The van der Waals surface area contributed by atoms with Crippen molar-refractivity contribution in [3.05, 3.63) is 70.4 Å². The number of hydrogen-bond acceptors (Lipinski definition) is 2. The highest BCUT2D eigenvalue weighted by atomic mass is 16.1. The van der Waals surface area contributed by atoms with Crippen LogP contribution in [0.25, 0.3) is 10.9 Å². The van der Waals surface area contributed by atoms with Gasteiger partial charge in [0.2, 0.25) is 0 Å². The number of carbonyl (C=O) groups excluding carboxylic acids is 1. The van der Waals surface area contributed by atoms with Crippen LogP contribution in [0.1, 0.15) is 46.6 Å². The molecule has 1 amide bonds. The molecule has 0 saturated heterocycles. The number of benzene rings is 2. The van der Waals surface area contributed by atoms with E-state index >= 15 is 0 Å². The Morgan fingerprint density at radius 3 is 2.52 bits per heavy atom. The number of H-pyrrole nitrogens is 1. The summed E-state index contributed by atoms with van der Waals surface area (Å²) in [5.41, 5.74) is 6.52. The first-order valence-electron chi connectivity index (χ1n) is 9.51. The van der Waals surface area contributed by atoms with Crippen LogP contribution in [0.2, 0.25) is 0 Å². The number of aromatic nitrogens is 1. The molecule has 0 radical (unpaired) electrons. The first-order chi connectivity index (χ1) is 12.9. The molecule has 0 fully saturated rings. The zero-order chi connectivity index (χ0) is 19.6. The third-order valence-corrected chi connectivity index (χ3v) is 5.43. The number of nitrogens with one attached hydrogen (secondary N) is 2. The van der Waals surface area contributed by atoms with Crippen LogP contribution >= 0.6 is 0 Å². The molecule has 4 nitrogen and oxygen atoms in total. The molecular weight excluding hydrogens is 334 g/mol. The second kappa shape index (κ2) is 7.97. The Bertz CT molecular complexity index is 955. The lowest BCUT2D eigenvalue weighted by atomic mass is 10.1. The Labute approximate surface area is 161 Å². The van der Waals surface area contributed by atoms with Crippen LogP contribution in [-0.2, 0) is 13.1 Å². The molecule has 3 aromatic rings. The lowest BCUT2D eigenvalue weighted by molar-refractivity contribution is 0.0951. The molecule has 0 aliphatic rings. The second-order valence-electron chi connectivity index (χ2n) is 7.60. The van der Waals surface area contributed by atoms with Crippen LogP contribution in [0.4, 0.5) is 0 Å². The minimum atomic E-state index is -0.0397. The molecule has 1 heterocycles. The number of aromatic amines is 1. The summed E-state index contributed by atoms with van der Waals surface area (Å²) in [7, 11) is 2.12. The van der Waals surface area contributed by atoms with E-state index in [9.17, 15) is 4.79 Å². The van der Waals surface area contributed by atoms with Gasteiger partial charge in [-0.1, -0.05) is 24.3 Å². The van der Waals surface area contributed by atoms with Crippen molar-refractivity contribution in [1.82, 2.24) is 15.2 Å². The van der Waals surface area contributed by atoms with Gasteiger partial charge in [-0.3, -0.25) is 9.69 Å². The predicted octanol–water partition coefficient (Wildman–Crippen LogP) is 4.55. The zero-order valence-corrected chi connectivity index (χ0v) is 16.9. The first kappa shape index (κ1) is 19.2. The lowest BCUT2D eigenvalue weighted by Gasteiger charge is -2.22. The number of rotatable bonds is 6. The van der Waals surface area contributed by atoms with Crippen LogP contribution < -0.4 is 5.32 Å². The summed E-state index contributed by atoms with van der Waals surface area (Å²) in [6, 6.07) is 14.6. The quantitative estimate of drug-likeness (QED) is 0.675. The highest BCUT2D eigenvalue weighted by Crippen LogP contribution is 2.22. The zero-order valence-electron chi connectivity index (χ0n) is 16.9. The van der Waals surface area contributed by atoms with Gasteiger partial charge in [0.1, 0.15) is 0 Å². The molecule has 4 heteroatoms. The first-order valence-corrected chi connectivity index (χ1v) is 9.51. The van der Waals surface area contributed by atoms with E-state index in [1.54, 1.807) is 0 Å². The van der Waals surface area contributed by atoms with Crippen LogP contribution in [0.3, 0.4) is 0 Å². The summed E-state index contributed by atoms with van der Waals surface area (Å²) in [4.78, 5) is 18.3. The average Bonchev–Trinajstić information content (AvgIpc) is 2.94. The maximum Gasteiger partial charge on any atom is 0.251 e. The van der Waals surface area contributed by atoms with E-state index < -0.39 is 0 Å². The van der Waals surface area contributed by atoms with Crippen molar-refractivity contribution in [3.8, 4) is 0 Å². The van der Waals surface area contributed by atoms with Crippen molar-refractivity contribution >= 4 is 16.8 Å². The van der Waals surface area contributed by atoms with Crippen molar-refractivity contribution in [1.29, 1.82) is 0 Å². The van der Waals surface area contributed by atoms with E-state index in [0.717, 1.165) is 28.7 Å². The maximum atomic E-state index is 12.7. The van der Waals surface area contributed by atoms with Crippen LogP contribution in [-0.4, -0.2) is 28.9 Å². The molecule has 0 aliphatic heterocycles. The molecule has 0 saturated carbocycles. The van der Waals surface area contributed by atoms with Crippen molar-refractivity contribution in [3.63, 3.8) is 0 Å². The Balaban J connectivity index is 1.73. The second-order valence-corrected chi connectivity index (χ2v) is 7.60. The molecule has 3 rings (SSSR count). The number of aryl methyl sites for hydroxylation is 2. The Morgan fingerprint density at radius 1 is 1.11 bits per heavy atom. The van der Waals surface area contributed by atoms with Crippen molar-refractivity contribution in [2.75, 3.05) is 7.05 Å². The molecule has 2 N–H and O–H groups in total. The third kappa shape index (κ3) is 4.22. The Morgan fingerprint density at radius 2 is 1.81 bits per heavy atom. The molecule has 27 heavy (non-hydrogen) atoms. The van der Waals surface area contributed by atoms with Gasteiger partial charge in [0, 0.05) is 41.3 Å². The minimum Gasteiger partial charge on any atom is -0.358 e. The van der Waals surface area contributed by atoms with Gasteiger partial charge in [-0.05, 0) is 69.6 Å². The van der Waals surface area contributed by atoms with Crippen molar-refractivity contribution in [2.45, 2.75) is 46.8 Å². The lowest BCUT2D eigenvalue weighted by Crippen LogP contribution is -2.27. The van der Waals surface area contributed by atoms with E-state index in [2.05, 4.69) is 68.1 Å². The van der Waals surface area contributed by atoms with E-state index in [-0.39, 0.29) is 5.91 Å². The summed E-state index contributed by atoms with van der Waals surface area (Å²) in [6.07, 6.45) is 0. The van der Waals surface area contributed by atoms with Gasteiger partial charge in [-0.25, -0.2) is 0 Å². The molecule has 142 valence electrons. The molecule has 2 aromatic carbocycles. The smallest absolute Gasteiger partial charge is 0.251 e. The van der Waals surface area contributed by atoms with Crippen LogP contribution in [0.15, 0.2) is 42.5 Å². The maximum absolute atomic E-state index is 12.7. The summed E-state index contributed by atoms with van der Waals surface area (Å²) >= 11 is 0. The number of carbonyl (C=O) groups is 1. The van der Waals surface area contributed by atoms with Gasteiger partial charge >= 0.3 is 0 Å². The molecule has 0 unspecified atom stereocenters. The molecule has 0 atom stereocenters. The summed E-state index contributed by atoms with van der Waals surface area (Å²) in [6.45, 7) is 9.91. The van der Waals surface area contributed by atoms with Crippen molar-refractivity contribution < 1.29 is 4.79 Å². The third-order valence-electron chi connectivity index (χ3n) is 5.43. The fraction of sp³-hybridized carbons (Fsp3) is 0.348. The molecule has 0 bridgehead atoms. The van der Waals surface area contributed by atoms with Gasteiger partial charge in [0.25, 0.3) is 5.91 Å². The number of amides is 1. The van der Waals surface area contributed by atoms with Gasteiger partial charge in [-0.15, -0.1) is 0 Å². The van der Waals surface area contributed by atoms with Crippen LogP contribution in [0, 0.1) is 13.8 Å². The fourth-order valence-corrected chi connectivity index (χ4v) is 3.22. The van der Waals surface area contributed by atoms with Gasteiger partial charge in [0.15, 0.2) is 0 Å². The number of fused-ring (bicyclic) bond motifs is 1. The Hall–Kier alpha value is -2.59.